The number of ether oxygens (including phenoxy) is 2. The van der Waals surface area contributed by atoms with Crippen molar-refractivity contribution in [2.45, 2.75) is 60.2 Å². The lowest BCUT2D eigenvalue weighted by Crippen LogP contribution is -2.35. The summed E-state index contributed by atoms with van der Waals surface area (Å²) in [5.74, 6) is 1.99. The van der Waals surface area contributed by atoms with Crippen LogP contribution >= 0.6 is 0 Å². The molecule has 0 saturated heterocycles. The molecule has 1 N–H and O–H groups in total. The first-order valence-electron chi connectivity index (χ1n) is 13.6. The Bertz CT molecular complexity index is 1520. The molecule has 11 nitrogen and oxygen atoms in total. The predicted octanol–water partition coefficient (Wildman–Crippen LogP) is 3.67. The van der Waals surface area contributed by atoms with E-state index in [1.807, 2.05) is 68.4 Å². The smallest absolute Gasteiger partial charge is 0.240 e. The Kier molecular flexibility index (Phi) is 7.46. The van der Waals surface area contributed by atoms with Gasteiger partial charge in [0.15, 0.2) is 0 Å². The van der Waals surface area contributed by atoms with Crippen molar-refractivity contribution >= 4 is 17.7 Å². The van der Waals surface area contributed by atoms with E-state index >= 15 is 0 Å². The van der Waals surface area contributed by atoms with Crippen LogP contribution in [0.5, 0.6) is 11.8 Å². The molecule has 2 unspecified atom stereocenters. The Morgan fingerprint density at radius 1 is 1.18 bits per heavy atom. The first kappa shape index (κ1) is 26.9. The fourth-order valence-corrected chi connectivity index (χ4v) is 5.21. The number of nitrogens with zero attached hydrogens (tertiary/aromatic N) is 8. The van der Waals surface area contributed by atoms with Crippen LogP contribution in [0, 0.1) is 13.8 Å². The molecule has 0 amide bonds. The Morgan fingerprint density at radius 3 is 2.69 bits per heavy atom. The highest BCUT2D eigenvalue weighted by Gasteiger charge is 2.26. The highest BCUT2D eigenvalue weighted by atomic mass is 16.5. The number of rotatable bonds is 5. The quantitative estimate of drug-likeness (QED) is 0.413. The minimum Gasteiger partial charge on any atom is -0.476 e. The number of hydrogen-bond acceptors (Lipinski definition) is 8. The SMILES string of the molecule is CCOc1nn(C(C)CO)c2c1/C=C/c1ncc3c(C)nc(cn13)-c1c(C)nn(C)c1OC(C)CN(CC)C2. The third-order valence-electron chi connectivity index (χ3n) is 7.19. The van der Waals surface area contributed by atoms with Crippen LogP contribution in [0.15, 0.2) is 12.4 Å². The number of aromatic nitrogens is 7. The Labute approximate surface area is 228 Å². The Balaban J connectivity index is 1.76. The lowest BCUT2D eigenvalue weighted by Gasteiger charge is -2.26. The molecule has 5 heterocycles. The zero-order valence-electron chi connectivity index (χ0n) is 23.8. The summed E-state index contributed by atoms with van der Waals surface area (Å²) in [6, 6.07) is -0.209. The molecule has 2 atom stereocenters. The summed E-state index contributed by atoms with van der Waals surface area (Å²) in [6.07, 6.45) is 7.71. The van der Waals surface area contributed by atoms with Crippen LogP contribution in [0.2, 0.25) is 0 Å². The molecule has 0 spiro atoms. The zero-order chi connectivity index (χ0) is 27.8. The van der Waals surface area contributed by atoms with Crippen molar-refractivity contribution in [1.29, 1.82) is 0 Å². The van der Waals surface area contributed by atoms with E-state index in [1.54, 1.807) is 4.68 Å². The van der Waals surface area contributed by atoms with Crippen LogP contribution in [0.4, 0.5) is 0 Å². The van der Waals surface area contributed by atoms with E-state index in [4.69, 9.17) is 24.5 Å². The van der Waals surface area contributed by atoms with Gasteiger partial charge < -0.3 is 14.6 Å². The van der Waals surface area contributed by atoms with Gasteiger partial charge in [0.2, 0.25) is 11.8 Å². The topological polar surface area (TPSA) is 108 Å². The van der Waals surface area contributed by atoms with Crippen LogP contribution in [0.25, 0.3) is 28.9 Å². The maximum Gasteiger partial charge on any atom is 0.240 e. The molecule has 4 aromatic heterocycles. The minimum absolute atomic E-state index is 0.0302. The van der Waals surface area contributed by atoms with Gasteiger partial charge in [0, 0.05) is 26.3 Å². The van der Waals surface area contributed by atoms with Gasteiger partial charge in [0.1, 0.15) is 11.9 Å². The number of likely N-dealkylation sites (N-methyl/N-ethyl adjacent to an activating group) is 1. The largest absolute Gasteiger partial charge is 0.476 e. The van der Waals surface area contributed by atoms with Crippen LogP contribution < -0.4 is 9.47 Å². The zero-order valence-corrected chi connectivity index (χ0v) is 23.8. The maximum atomic E-state index is 10.0. The summed E-state index contributed by atoms with van der Waals surface area (Å²) < 4.78 is 18.3. The first-order valence-corrected chi connectivity index (χ1v) is 13.6. The van der Waals surface area contributed by atoms with Gasteiger partial charge in [0.25, 0.3) is 0 Å². The Morgan fingerprint density at radius 2 is 1.97 bits per heavy atom. The standard InChI is InChI=1S/C28H38N8O3/c1-8-34-13-18(4)39-28-26(20(6)31-33(28)7)22-14-35-23(19(5)30-22)12-29-25(35)11-10-21-24(15-34)36(17(3)16-37)32-27(21)38-9-2/h10-12,14,17-18,37H,8-9,13,15-16H2,1-7H3/b11-10+. The van der Waals surface area contributed by atoms with E-state index in [0.29, 0.717) is 31.5 Å². The van der Waals surface area contributed by atoms with Crippen LogP contribution in [0.1, 0.15) is 62.2 Å². The van der Waals surface area contributed by atoms with Gasteiger partial charge in [-0.05, 0) is 53.3 Å². The molecule has 4 aromatic rings. The first-order chi connectivity index (χ1) is 18.7. The molecule has 0 aromatic carbocycles. The van der Waals surface area contributed by atoms with Crippen molar-refractivity contribution in [2.75, 3.05) is 26.3 Å². The summed E-state index contributed by atoms with van der Waals surface area (Å²) >= 11 is 0. The molecular weight excluding hydrogens is 496 g/mol. The monoisotopic (exact) mass is 534 g/mol. The van der Waals surface area contributed by atoms with E-state index < -0.39 is 0 Å². The fraction of sp³-hybridized carbons (Fsp3) is 0.500. The molecule has 208 valence electrons. The lowest BCUT2D eigenvalue weighted by atomic mass is 10.1. The lowest BCUT2D eigenvalue weighted by molar-refractivity contribution is 0.132. The normalized spacial score (nSPS) is 17.8. The summed E-state index contributed by atoms with van der Waals surface area (Å²) in [5, 5.41) is 19.5. The van der Waals surface area contributed by atoms with Crippen LogP contribution in [-0.4, -0.2) is 76.3 Å². The van der Waals surface area contributed by atoms with Crippen molar-refractivity contribution in [1.82, 2.24) is 38.8 Å². The average Bonchev–Trinajstić information content (AvgIpc) is 3.55. The van der Waals surface area contributed by atoms with E-state index in [0.717, 1.165) is 51.8 Å². The number of aliphatic hydroxyl groups excluding tert-OH is 1. The second-order valence-corrected chi connectivity index (χ2v) is 10.1. The number of imidazole rings is 1. The minimum atomic E-state index is -0.209. The van der Waals surface area contributed by atoms with Crippen LogP contribution in [-0.2, 0) is 13.6 Å². The molecule has 0 aliphatic carbocycles. The van der Waals surface area contributed by atoms with Gasteiger partial charge in [0.05, 0.1) is 64.9 Å². The predicted molar refractivity (Wildman–Crippen MR) is 150 cm³/mol. The van der Waals surface area contributed by atoms with Crippen molar-refractivity contribution in [3.63, 3.8) is 0 Å². The van der Waals surface area contributed by atoms with Gasteiger partial charge in [-0.25, -0.2) is 14.6 Å². The van der Waals surface area contributed by atoms with E-state index in [-0.39, 0.29) is 18.8 Å². The molecule has 1 aliphatic heterocycles. The fourth-order valence-electron chi connectivity index (χ4n) is 5.21. The second-order valence-electron chi connectivity index (χ2n) is 10.1. The van der Waals surface area contributed by atoms with Gasteiger partial charge >= 0.3 is 0 Å². The maximum absolute atomic E-state index is 10.0. The molecular formula is C28H38N8O3. The highest BCUT2D eigenvalue weighted by molar-refractivity contribution is 5.74. The molecule has 39 heavy (non-hydrogen) atoms. The summed E-state index contributed by atoms with van der Waals surface area (Å²) in [6.45, 7) is 14.6. The summed E-state index contributed by atoms with van der Waals surface area (Å²) in [5.41, 5.74) is 6.15. The van der Waals surface area contributed by atoms with Gasteiger partial charge in [-0.15, -0.1) is 5.10 Å². The molecule has 0 radical (unpaired) electrons. The molecule has 11 heteroatoms. The number of fused-ring (bicyclic) bond motifs is 4. The highest BCUT2D eigenvalue weighted by Crippen LogP contribution is 2.34. The van der Waals surface area contributed by atoms with Gasteiger partial charge in [-0.1, -0.05) is 6.92 Å². The number of aliphatic hydroxyl groups is 1. The van der Waals surface area contributed by atoms with Crippen molar-refractivity contribution in [3.05, 3.63) is 40.9 Å². The van der Waals surface area contributed by atoms with Crippen molar-refractivity contribution in [3.8, 4) is 23.0 Å². The van der Waals surface area contributed by atoms with E-state index in [2.05, 4.69) is 23.8 Å². The Hall–Kier alpha value is -3.70. The number of hydrogen-bond donors (Lipinski definition) is 1. The van der Waals surface area contributed by atoms with Gasteiger partial charge in [-0.2, -0.15) is 5.10 Å². The van der Waals surface area contributed by atoms with E-state index in [1.165, 1.54) is 0 Å². The van der Waals surface area contributed by atoms with E-state index in [9.17, 15) is 5.11 Å². The third-order valence-corrected chi connectivity index (χ3v) is 7.19. The third kappa shape index (κ3) is 4.92. The van der Waals surface area contributed by atoms with Crippen molar-refractivity contribution in [2.24, 2.45) is 7.05 Å². The summed E-state index contributed by atoms with van der Waals surface area (Å²) in [4.78, 5) is 11.9. The molecule has 2 bridgehead atoms. The van der Waals surface area contributed by atoms with Gasteiger partial charge in [-0.3, -0.25) is 14.0 Å². The molecule has 0 fully saturated rings. The summed E-state index contributed by atoms with van der Waals surface area (Å²) in [7, 11) is 1.90. The van der Waals surface area contributed by atoms with Crippen molar-refractivity contribution < 1.29 is 14.6 Å². The van der Waals surface area contributed by atoms with Crippen LogP contribution in [0.3, 0.4) is 0 Å². The average molecular weight is 535 g/mol. The molecule has 0 saturated carbocycles. The molecule has 5 rings (SSSR count). The second kappa shape index (κ2) is 10.8. The number of aryl methyl sites for hydroxylation is 3. The molecule has 1 aliphatic rings.